The number of aromatic nitrogens is 2. The van der Waals surface area contributed by atoms with Gasteiger partial charge in [-0.05, 0) is 18.2 Å². The third kappa shape index (κ3) is 2.91. The Hall–Kier alpha value is -2.48. The van der Waals surface area contributed by atoms with Crippen LogP contribution in [-0.4, -0.2) is 21.9 Å². The molecule has 0 unspecified atom stereocenters. The molecule has 0 fully saturated rings. The second kappa shape index (κ2) is 5.66. The molecule has 0 saturated carbocycles. The molecule has 2 rings (SSSR count). The van der Waals surface area contributed by atoms with Gasteiger partial charge in [-0.25, -0.2) is 14.4 Å². The second-order valence-corrected chi connectivity index (χ2v) is 4.15. The first-order valence-corrected chi connectivity index (χ1v) is 5.79. The van der Waals surface area contributed by atoms with E-state index in [0.717, 1.165) is 18.5 Å². The molecule has 104 valence electrons. The zero-order chi connectivity index (χ0) is 14.7. The highest BCUT2D eigenvalue weighted by molar-refractivity contribution is 6.30. The Balaban J connectivity index is 2.45. The summed E-state index contributed by atoms with van der Waals surface area (Å²) < 4.78 is 13.2. The molecular formula is C11H9ClFN5O2. The minimum Gasteiger partial charge on any atom is -0.367 e. The molecule has 0 amide bonds. The number of hydrogen-bond acceptors (Lipinski definition) is 6. The zero-order valence-electron chi connectivity index (χ0n) is 10.2. The summed E-state index contributed by atoms with van der Waals surface area (Å²) in [4.78, 5) is 18.0. The number of nitrogens with one attached hydrogen (secondary N) is 2. The maximum Gasteiger partial charge on any atom is 0.353 e. The van der Waals surface area contributed by atoms with Gasteiger partial charge in [0.15, 0.2) is 0 Å². The van der Waals surface area contributed by atoms with Gasteiger partial charge < -0.3 is 10.6 Å². The minimum absolute atomic E-state index is 0.0509. The van der Waals surface area contributed by atoms with Gasteiger partial charge in [-0.3, -0.25) is 10.1 Å². The van der Waals surface area contributed by atoms with Crippen molar-refractivity contribution in [3.63, 3.8) is 0 Å². The molecule has 0 aliphatic rings. The number of halogens is 2. The average molecular weight is 298 g/mol. The summed E-state index contributed by atoms with van der Waals surface area (Å²) in [7, 11) is 1.50. The molecular weight excluding hydrogens is 289 g/mol. The second-order valence-electron chi connectivity index (χ2n) is 3.71. The molecule has 0 bridgehead atoms. The number of nitrogens with zero attached hydrogens (tertiary/aromatic N) is 3. The molecule has 0 saturated heterocycles. The van der Waals surface area contributed by atoms with Crippen molar-refractivity contribution in [3.8, 4) is 0 Å². The van der Waals surface area contributed by atoms with Gasteiger partial charge in [0.25, 0.3) is 0 Å². The maximum atomic E-state index is 13.2. The van der Waals surface area contributed by atoms with Crippen LogP contribution >= 0.6 is 11.6 Å². The van der Waals surface area contributed by atoms with Crippen LogP contribution in [-0.2, 0) is 0 Å². The molecule has 1 heterocycles. The van der Waals surface area contributed by atoms with Gasteiger partial charge in [0.05, 0.1) is 4.92 Å². The van der Waals surface area contributed by atoms with E-state index >= 15 is 0 Å². The van der Waals surface area contributed by atoms with E-state index in [9.17, 15) is 14.5 Å². The fourth-order valence-corrected chi connectivity index (χ4v) is 1.81. The Labute approximate surface area is 118 Å². The SMILES string of the molecule is CNc1ncnc(Nc2cc(F)cc(Cl)c2)c1[N+](=O)[O-]. The predicted octanol–water partition coefficient (Wildman–Crippen LogP) is 2.96. The zero-order valence-corrected chi connectivity index (χ0v) is 11.0. The van der Waals surface area contributed by atoms with Crippen LogP contribution in [0.25, 0.3) is 0 Å². The lowest BCUT2D eigenvalue weighted by molar-refractivity contribution is -0.383. The fourth-order valence-electron chi connectivity index (χ4n) is 1.59. The lowest BCUT2D eigenvalue weighted by atomic mass is 10.3. The summed E-state index contributed by atoms with van der Waals surface area (Å²) in [6, 6.07) is 3.70. The number of benzene rings is 1. The van der Waals surface area contributed by atoms with Crippen LogP contribution in [0.1, 0.15) is 0 Å². The highest BCUT2D eigenvalue weighted by Crippen LogP contribution is 2.31. The Morgan fingerprint density at radius 3 is 2.60 bits per heavy atom. The van der Waals surface area contributed by atoms with E-state index < -0.39 is 10.7 Å². The minimum atomic E-state index is -0.630. The van der Waals surface area contributed by atoms with E-state index in [1.54, 1.807) is 0 Å². The van der Waals surface area contributed by atoms with Gasteiger partial charge in [0.1, 0.15) is 12.1 Å². The molecule has 1 aromatic heterocycles. The molecule has 0 aliphatic carbocycles. The van der Waals surface area contributed by atoms with Gasteiger partial charge >= 0.3 is 5.69 Å². The normalized spacial score (nSPS) is 10.2. The van der Waals surface area contributed by atoms with Crippen molar-refractivity contribution in [2.75, 3.05) is 17.7 Å². The number of nitro groups is 1. The molecule has 0 spiro atoms. The van der Waals surface area contributed by atoms with E-state index in [4.69, 9.17) is 11.6 Å². The highest BCUT2D eigenvalue weighted by Gasteiger charge is 2.22. The Kier molecular flexibility index (Phi) is 3.94. The highest BCUT2D eigenvalue weighted by atomic mass is 35.5. The van der Waals surface area contributed by atoms with Crippen molar-refractivity contribution in [1.29, 1.82) is 0 Å². The molecule has 0 radical (unpaired) electrons. The van der Waals surface area contributed by atoms with Crippen LogP contribution < -0.4 is 10.6 Å². The summed E-state index contributed by atoms with van der Waals surface area (Å²) in [6.07, 6.45) is 1.15. The van der Waals surface area contributed by atoms with Gasteiger partial charge in [-0.15, -0.1) is 0 Å². The summed E-state index contributed by atoms with van der Waals surface area (Å²) in [6.45, 7) is 0. The Morgan fingerprint density at radius 2 is 2.00 bits per heavy atom. The van der Waals surface area contributed by atoms with Crippen molar-refractivity contribution < 1.29 is 9.31 Å². The van der Waals surface area contributed by atoms with Crippen molar-refractivity contribution in [3.05, 3.63) is 45.5 Å². The first-order chi connectivity index (χ1) is 9.51. The van der Waals surface area contributed by atoms with Crippen molar-refractivity contribution in [2.45, 2.75) is 0 Å². The molecule has 7 nitrogen and oxygen atoms in total. The van der Waals surface area contributed by atoms with Crippen LogP contribution in [0.2, 0.25) is 5.02 Å². The van der Waals surface area contributed by atoms with E-state index in [2.05, 4.69) is 20.6 Å². The van der Waals surface area contributed by atoms with Crippen LogP contribution in [0.4, 0.5) is 27.4 Å². The van der Waals surface area contributed by atoms with Gasteiger partial charge in [0.2, 0.25) is 11.6 Å². The third-order valence-electron chi connectivity index (χ3n) is 2.37. The summed E-state index contributed by atoms with van der Waals surface area (Å²) >= 11 is 5.72. The maximum absolute atomic E-state index is 13.2. The quantitative estimate of drug-likeness (QED) is 0.665. The lowest BCUT2D eigenvalue weighted by Gasteiger charge is -2.08. The first-order valence-electron chi connectivity index (χ1n) is 5.41. The lowest BCUT2D eigenvalue weighted by Crippen LogP contribution is -2.05. The molecule has 1 aromatic carbocycles. The summed E-state index contributed by atoms with van der Waals surface area (Å²) in [5.74, 6) is -0.573. The summed E-state index contributed by atoms with van der Waals surface area (Å²) in [5, 5.41) is 16.5. The van der Waals surface area contributed by atoms with Crippen molar-refractivity contribution in [1.82, 2.24) is 9.97 Å². The molecule has 20 heavy (non-hydrogen) atoms. The standard InChI is InChI=1S/C11H9ClFN5O2/c1-14-10-9(18(19)20)11(16-5-15-10)17-8-3-6(12)2-7(13)4-8/h2-5H,1H3,(H2,14,15,16,17). The Morgan fingerprint density at radius 1 is 1.30 bits per heavy atom. The molecule has 2 N–H and O–H groups in total. The van der Waals surface area contributed by atoms with E-state index in [-0.39, 0.29) is 28.0 Å². The molecule has 0 atom stereocenters. The number of anilines is 3. The Bertz CT molecular complexity index is 647. The van der Waals surface area contributed by atoms with Crippen LogP contribution in [0.5, 0.6) is 0 Å². The molecule has 9 heteroatoms. The van der Waals surface area contributed by atoms with E-state index in [1.807, 2.05) is 0 Å². The first kappa shape index (κ1) is 13.9. The van der Waals surface area contributed by atoms with E-state index in [0.29, 0.717) is 0 Å². The van der Waals surface area contributed by atoms with Crippen LogP contribution in [0.15, 0.2) is 24.5 Å². The monoisotopic (exact) mass is 297 g/mol. The fraction of sp³-hybridized carbons (Fsp3) is 0.0909. The van der Waals surface area contributed by atoms with Crippen LogP contribution in [0.3, 0.4) is 0 Å². The third-order valence-corrected chi connectivity index (χ3v) is 2.59. The van der Waals surface area contributed by atoms with Crippen molar-refractivity contribution >= 4 is 34.6 Å². The van der Waals surface area contributed by atoms with E-state index in [1.165, 1.54) is 13.1 Å². The van der Waals surface area contributed by atoms with Gasteiger partial charge in [-0.1, -0.05) is 11.6 Å². The average Bonchev–Trinajstić information content (AvgIpc) is 2.36. The summed E-state index contributed by atoms with van der Waals surface area (Å²) in [5.41, 5.74) is -0.0887. The molecule has 2 aromatic rings. The molecule has 0 aliphatic heterocycles. The predicted molar refractivity (Wildman–Crippen MR) is 72.9 cm³/mol. The topological polar surface area (TPSA) is 93.0 Å². The number of hydrogen-bond donors (Lipinski definition) is 2. The van der Waals surface area contributed by atoms with Crippen molar-refractivity contribution in [2.24, 2.45) is 0 Å². The largest absolute Gasteiger partial charge is 0.367 e. The smallest absolute Gasteiger partial charge is 0.353 e. The number of rotatable bonds is 4. The van der Waals surface area contributed by atoms with Gasteiger partial charge in [-0.2, -0.15) is 0 Å². The van der Waals surface area contributed by atoms with Gasteiger partial charge in [0, 0.05) is 17.8 Å². The van der Waals surface area contributed by atoms with Crippen LogP contribution in [0, 0.1) is 15.9 Å².